The summed E-state index contributed by atoms with van der Waals surface area (Å²) in [5.74, 6) is -0.522. The van der Waals surface area contributed by atoms with Crippen LogP contribution in [0.1, 0.15) is 18.4 Å². The number of methoxy groups -OCH3 is 1. The highest BCUT2D eigenvalue weighted by atomic mass is 16.6. The fraction of sp³-hybridized carbons (Fsp3) is 0.400. The van der Waals surface area contributed by atoms with Gasteiger partial charge in [-0.15, -0.1) is 0 Å². The Hall–Kier alpha value is -2.41. The predicted octanol–water partition coefficient (Wildman–Crippen LogP) is 1.74. The Labute approximate surface area is 128 Å². The van der Waals surface area contributed by atoms with E-state index in [0.717, 1.165) is 12.8 Å². The van der Waals surface area contributed by atoms with E-state index in [2.05, 4.69) is 4.74 Å². The lowest BCUT2D eigenvalue weighted by atomic mass is 10.1. The number of nitro benzene ring substituents is 1. The van der Waals surface area contributed by atoms with Crippen LogP contribution in [0.4, 0.5) is 11.4 Å². The third-order valence-corrected chi connectivity index (χ3v) is 3.71. The van der Waals surface area contributed by atoms with Gasteiger partial charge in [-0.2, -0.15) is 0 Å². The summed E-state index contributed by atoms with van der Waals surface area (Å²) in [6, 6.07) is 4.69. The second-order valence-electron chi connectivity index (χ2n) is 5.03. The zero-order valence-electron chi connectivity index (χ0n) is 12.3. The van der Waals surface area contributed by atoms with Gasteiger partial charge in [-0.3, -0.25) is 10.1 Å². The molecule has 1 atom stereocenters. The van der Waals surface area contributed by atoms with E-state index in [1.165, 1.54) is 25.3 Å². The van der Waals surface area contributed by atoms with Crippen molar-refractivity contribution >= 4 is 23.4 Å². The quantitative estimate of drug-likeness (QED) is 0.385. The Kier molecular flexibility index (Phi) is 5.11. The highest BCUT2D eigenvalue weighted by Gasteiger charge is 2.29. The monoisotopic (exact) mass is 306 g/mol. The number of hydrogen-bond donors (Lipinski definition) is 1. The third-order valence-electron chi connectivity index (χ3n) is 3.71. The Morgan fingerprint density at radius 3 is 3.00 bits per heavy atom. The van der Waals surface area contributed by atoms with E-state index in [1.54, 1.807) is 12.1 Å². The number of hydrogen-bond acceptors (Lipinski definition) is 6. The summed E-state index contributed by atoms with van der Waals surface area (Å²) in [6.45, 7) is 0.657. The number of anilines is 1. The number of carbonyl (C=O) groups is 1. The Morgan fingerprint density at radius 1 is 1.59 bits per heavy atom. The summed E-state index contributed by atoms with van der Waals surface area (Å²) in [7, 11) is 1.26. The molecule has 1 fully saturated rings. The molecule has 0 saturated carbocycles. The van der Waals surface area contributed by atoms with Crippen LogP contribution in [-0.2, 0) is 9.53 Å². The number of nitrogens with zero attached hydrogens (tertiary/aromatic N) is 2. The lowest BCUT2D eigenvalue weighted by Gasteiger charge is -2.25. The van der Waals surface area contributed by atoms with Gasteiger partial charge in [-0.25, -0.2) is 4.79 Å². The molecule has 118 valence electrons. The summed E-state index contributed by atoms with van der Waals surface area (Å²) >= 11 is 0. The number of aliphatic hydroxyl groups is 1. The zero-order chi connectivity index (χ0) is 16.1. The molecule has 1 N–H and O–H groups in total. The maximum absolute atomic E-state index is 11.3. The van der Waals surface area contributed by atoms with Crippen LogP contribution in [0.2, 0.25) is 0 Å². The molecule has 1 aliphatic heterocycles. The summed E-state index contributed by atoms with van der Waals surface area (Å²) in [6.07, 6.45) is 4.39. The van der Waals surface area contributed by atoms with E-state index in [9.17, 15) is 20.0 Å². The van der Waals surface area contributed by atoms with E-state index >= 15 is 0 Å². The summed E-state index contributed by atoms with van der Waals surface area (Å²) in [5.41, 5.74) is 1.00. The van der Waals surface area contributed by atoms with Gasteiger partial charge < -0.3 is 14.7 Å². The van der Waals surface area contributed by atoms with Gasteiger partial charge in [0.15, 0.2) is 0 Å². The number of ether oxygens (including phenoxy) is 1. The van der Waals surface area contributed by atoms with Gasteiger partial charge in [0.25, 0.3) is 5.69 Å². The minimum Gasteiger partial charge on any atom is -0.466 e. The SMILES string of the molecule is COC(=O)C=Cc1ccc(N2CCC[C@@H]2CO)c([N+](=O)[O-])c1. The second-order valence-corrected chi connectivity index (χ2v) is 5.03. The smallest absolute Gasteiger partial charge is 0.330 e. The van der Waals surface area contributed by atoms with Gasteiger partial charge >= 0.3 is 5.97 Å². The molecule has 1 aromatic rings. The van der Waals surface area contributed by atoms with Crippen molar-refractivity contribution in [1.29, 1.82) is 0 Å². The molecule has 2 rings (SSSR count). The molecule has 1 aromatic carbocycles. The molecule has 1 saturated heterocycles. The van der Waals surface area contributed by atoms with E-state index in [0.29, 0.717) is 17.8 Å². The normalized spacial score (nSPS) is 17.9. The Bertz CT molecular complexity index is 600. The van der Waals surface area contributed by atoms with Gasteiger partial charge in [0, 0.05) is 18.7 Å². The molecule has 0 amide bonds. The first kappa shape index (κ1) is 16.0. The number of carbonyl (C=O) groups excluding carboxylic acids is 1. The van der Waals surface area contributed by atoms with Crippen LogP contribution in [0, 0.1) is 10.1 Å². The van der Waals surface area contributed by atoms with Crippen molar-refractivity contribution in [3.05, 3.63) is 40.0 Å². The van der Waals surface area contributed by atoms with Gasteiger partial charge in [0.05, 0.1) is 24.7 Å². The predicted molar refractivity (Wildman–Crippen MR) is 81.6 cm³/mol. The first-order valence-corrected chi connectivity index (χ1v) is 6.98. The van der Waals surface area contributed by atoms with Crippen LogP contribution in [0.25, 0.3) is 6.08 Å². The van der Waals surface area contributed by atoms with E-state index in [4.69, 9.17) is 0 Å². The largest absolute Gasteiger partial charge is 0.466 e. The van der Waals surface area contributed by atoms with Crippen LogP contribution < -0.4 is 4.90 Å². The molecule has 7 nitrogen and oxygen atoms in total. The van der Waals surface area contributed by atoms with Crippen LogP contribution in [0.3, 0.4) is 0 Å². The minimum atomic E-state index is -0.522. The molecule has 0 aromatic heterocycles. The zero-order valence-corrected chi connectivity index (χ0v) is 12.3. The van der Waals surface area contributed by atoms with Crippen molar-refractivity contribution in [3.63, 3.8) is 0 Å². The maximum atomic E-state index is 11.3. The topological polar surface area (TPSA) is 92.9 Å². The molecule has 1 heterocycles. The van der Waals surface area contributed by atoms with Crippen molar-refractivity contribution in [3.8, 4) is 0 Å². The lowest BCUT2D eigenvalue weighted by Crippen LogP contribution is -2.32. The molecule has 0 bridgehead atoms. The van der Waals surface area contributed by atoms with Gasteiger partial charge in [0.2, 0.25) is 0 Å². The lowest BCUT2D eigenvalue weighted by molar-refractivity contribution is -0.384. The number of benzene rings is 1. The third kappa shape index (κ3) is 3.43. The van der Waals surface area contributed by atoms with Crippen molar-refractivity contribution < 1.29 is 19.6 Å². The van der Waals surface area contributed by atoms with Gasteiger partial charge in [-0.1, -0.05) is 6.07 Å². The number of rotatable bonds is 5. The maximum Gasteiger partial charge on any atom is 0.330 e. The highest BCUT2D eigenvalue weighted by Crippen LogP contribution is 2.34. The average molecular weight is 306 g/mol. The summed E-state index contributed by atoms with van der Waals surface area (Å²) in [5, 5.41) is 20.7. The van der Waals surface area contributed by atoms with Crippen LogP contribution in [0.5, 0.6) is 0 Å². The highest BCUT2D eigenvalue weighted by molar-refractivity contribution is 5.87. The first-order chi connectivity index (χ1) is 10.6. The standard InChI is InChI=1S/C15H18N2O5/c1-22-15(19)7-5-11-4-6-13(14(9-11)17(20)21)16-8-2-3-12(16)10-18/h4-7,9,12,18H,2-3,8,10H2,1H3/t12-/m1/s1. The second kappa shape index (κ2) is 7.04. The molecule has 7 heteroatoms. The van der Waals surface area contributed by atoms with Crippen molar-refractivity contribution in [2.75, 3.05) is 25.2 Å². The minimum absolute atomic E-state index is 0.0266. The molecule has 0 spiro atoms. The van der Waals surface area contributed by atoms with Crippen LogP contribution in [-0.4, -0.2) is 42.3 Å². The number of aliphatic hydroxyl groups excluding tert-OH is 1. The van der Waals surface area contributed by atoms with Crippen LogP contribution >= 0.6 is 0 Å². The molecule has 0 unspecified atom stereocenters. The molecule has 1 aliphatic rings. The van der Waals surface area contributed by atoms with Gasteiger partial charge in [0.1, 0.15) is 5.69 Å². The van der Waals surface area contributed by atoms with E-state index in [1.807, 2.05) is 4.90 Å². The van der Waals surface area contributed by atoms with Crippen molar-refractivity contribution in [2.24, 2.45) is 0 Å². The molecule has 0 aliphatic carbocycles. The van der Waals surface area contributed by atoms with E-state index in [-0.39, 0.29) is 18.3 Å². The van der Waals surface area contributed by atoms with E-state index < -0.39 is 10.9 Å². The fourth-order valence-corrected chi connectivity index (χ4v) is 2.61. The summed E-state index contributed by atoms with van der Waals surface area (Å²) in [4.78, 5) is 23.8. The van der Waals surface area contributed by atoms with Gasteiger partial charge in [-0.05, 0) is 30.5 Å². The van der Waals surface area contributed by atoms with Crippen molar-refractivity contribution in [1.82, 2.24) is 0 Å². The van der Waals surface area contributed by atoms with Crippen molar-refractivity contribution in [2.45, 2.75) is 18.9 Å². The average Bonchev–Trinajstić information content (AvgIpc) is 3.00. The fourth-order valence-electron chi connectivity index (χ4n) is 2.61. The molecular weight excluding hydrogens is 288 g/mol. The Balaban J connectivity index is 2.34. The molecular formula is C15H18N2O5. The summed E-state index contributed by atoms with van der Waals surface area (Å²) < 4.78 is 4.49. The Morgan fingerprint density at radius 2 is 2.36 bits per heavy atom. The number of nitro groups is 1. The van der Waals surface area contributed by atoms with Crippen LogP contribution in [0.15, 0.2) is 24.3 Å². The molecule has 22 heavy (non-hydrogen) atoms. The molecule has 0 radical (unpaired) electrons. The number of esters is 1. The first-order valence-electron chi connectivity index (χ1n) is 6.98.